The summed E-state index contributed by atoms with van der Waals surface area (Å²) >= 11 is 0. The van der Waals surface area contributed by atoms with Crippen LogP contribution in [0, 0.1) is 6.92 Å². The molecule has 1 atom stereocenters. The summed E-state index contributed by atoms with van der Waals surface area (Å²) in [5.41, 5.74) is 3.26. The van der Waals surface area contributed by atoms with Gasteiger partial charge >= 0.3 is 6.03 Å². The van der Waals surface area contributed by atoms with Gasteiger partial charge in [-0.1, -0.05) is 30.3 Å². The second-order valence-electron chi connectivity index (χ2n) is 5.84. The van der Waals surface area contributed by atoms with Crippen molar-refractivity contribution in [2.24, 2.45) is 0 Å². The third-order valence-electron chi connectivity index (χ3n) is 3.89. The Morgan fingerprint density at radius 1 is 1.08 bits per heavy atom. The maximum absolute atomic E-state index is 12.2. The average molecular weight is 348 g/mol. The Morgan fingerprint density at radius 2 is 1.81 bits per heavy atom. The van der Waals surface area contributed by atoms with E-state index < -0.39 is 6.04 Å². The van der Waals surface area contributed by atoms with Crippen LogP contribution in [0.1, 0.15) is 17.3 Å². The maximum Gasteiger partial charge on any atom is 0.319 e. The number of aryl methyl sites for hydroxylation is 1. The van der Waals surface area contributed by atoms with Crippen LogP contribution in [0.15, 0.2) is 66.9 Å². The van der Waals surface area contributed by atoms with Gasteiger partial charge in [-0.3, -0.25) is 0 Å². The molecular formula is C20H20N4O2. The number of nitrogens with one attached hydrogen (secondary N) is 2. The average Bonchev–Trinajstić information content (AvgIpc) is 2.67. The highest BCUT2D eigenvalue weighted by atomic mass is 16.3. The van der Waals surface area contributed by atoms with Crippen LogP contribution >= 0.6 is 0 Å². The first-order chi connectivity index (χ1) is 12.7. The highest BCUT2D eigenvalue weighted by Crippen LogP contribution is 2.18. The van der Waals surface area contributed by atoms with E-state index in [1.54, 1.807) is 18.3 Å². The largest absolute Gasteiger partial charge is 0.394 e. The number of carbonyl (C=O) groups excluding carboxylic acids is 1. The molecule has 0 aliphatic carbocycles. The first-order valence-electron chi connectivity index (χ1n) is 8.29. The fourth-order valence-electron chi connectivity index (χ4n) is 2.54. The van der Waals surface area contributed by atoms with Crippen molar-refractivity contribution in [2.75, 3.05) is 11.9 Å². The van der Waals surface area contributed by atoms with E-state index in [0.717, 1.165) is 16.8 Å². The zero-order valence-electron chi connectivity index (χ0n) is 14.4. The van der Waals surface area contributed by atoms with Gasteiger partial charge in [-0.15, -0.1) is 0 Å². The molecule has 2 aromatic carbocycles. The monoisotopic (exact) mass is 348 g/mol. The van der Waals surface area contributed by atoms with Crippen molar-refractivity contribution in [2.45, 2.75) is 13.0 Å². The minimum absolute atomic E-state index is 0.179. The van der Waals surface area contributed by atoms with Gasteiger partial charge in [-0.05, 0) is 42.8 Å². The number of hydrogen-bond donors (Lipinski definition) is 3. The van der Waals surface area contributed by atoms with Gasteiger partial charge in [0.1, 0.15) is 0 Å². The SMILES string of the molecule is Cc1ccnc(-c2ccc(NC(=O)N[C@H](CO)c3ccccc3)cc2)n1. The van der Waals surface area contributed by atoms with Gasteiger partial charge in [-0.25, -0.2) is 14.8 Å². The Morgan fingerprint density at radius 3 is 2.46 bits per heavy atom. The summed E-state index contributed by atoms with van der Waals surface area (Å²) in [6.45, 7) is 1.73. The standard InChI is InChI=1S/C20H20N4O2/c1-14-11-12-21-19(22-14)16-7-9-17(10-8-16)23-20(26)24-18(13-25)15-5-3-2-4-6-15/h2-12,18,25H,13H2,1H3,(H2,23,24,26)/t18-/m1/s1. The summed E-state index contributed by atoms with van der Waals surface area (Å²) < 4.78 is 0. The van der Waals surface area contributed by atoms with Crippen LogP contribution in [-0.2, 0) is 0 Å². The summed E-state index contributed by atoms with van der Waals surface area (Å²) in [5, 5.41) is 15.0. The Bertz CT molecular complexity index is 866. The second-order valence-corrected chi connectivity index (χ2v) is 5.84. The molecule has 0 aliphatic rings. The molecule has 132 valence electrons. The molecule has 0 aliphatic heterocycles. The third kappa shape index (κ3) is 4.43. The van der Waals surface area contributed by atoms with Gasteiger partial charge in [0.05, 0.1) is 12.6 Å². The van der Waals surface area contributed by atoms with E-state index in [1.165, 1.54) is 0 Å². The van der Waals surface area contributed by atoms with E-state index in [1.807, 2.05) is 55.5 Å². The number of urea groups is 1. The van der Waals surface area contributed by atoms with Crippen LogP contribution < -0.4 is 10.6 Å². The Hall–Kier alpha value is -3.25. The fraction of sp³-hybridized carbons (Fsp3) is 0.150. The molecule has 0 fully saturated rings. The molecule has 0 bridgehead atoms. The quantitative estimate of drug-likeness (QED) is 0.660. The molecule has 2 amide bonds. The first kappa shape index (κ1) is 17.6. The smallest absolute Gasteiger partial charge is 0.319 e. The van der Waals surface area contributed by atoms with Crippen LogP contribution in [0.4, 0.5) is 10.5 Å². The summed E-state index contributed by atoms with van der Waals surface area (Å²) in [5.74, 6) is 0.644. The molecule has 1 aromatic heterocycles. The Kier molecular flexibility index (Phi) is 5.56. The number of amides is 2. The number of aliphatic hydroxyl groups excluding tert-OH is 1. The molecule has 3 aromatic rings. The minimum atomic E-state index is -0.462. The Balaban J connectivity index is 1.64. The van der Waals surface area contributed by atoms with E-state index in [4.69, 9.17) is 0 Å². The fourth-order valence-corrected chi connectivity index (χ4v) is 2.54. The third-order valence-corrected chi connectivity index (χ3v) is 3.89. The van der Waals surface area contributed by atoms with E-state index in [2.05, 4.69) is 20.6 Å². The van der Waals surface area contributed by atoms with Crippen molar-refractivity contribution in [1.29, 1.82) is 0 Å². The number of nitrogens with zero attached hydrogens (tertiary/aromatic N) is 2. The molecule has 6 heteroatoms. The number of rotatable bonds is 5. The molecule has 3 N–H and O–H groups in total. The van der Waals surface area contributed by atoms with Gasteiger partial charge in [0.2, 0.25) is 0 Å². The highest BCUT2D eigenvalue weighted by Gasteiger charge is 2.13. The van der Waals surface area contributed by atoms with Gasteiger partial charge in [-0.2, -0.15) is 0 Å². The minimum Gasteiger partial charge on any atom is -0.394 e. The maximum atomic E-state index is 12.2. The molecular weight excluding hydrogens is 328 g/mol. The number of carbonyl (C=O) groups is 1. The van der Waals surface area contributed by atoms with Gasteiger partial charge in [0.15, 0.2) is 5.82 Å². The molecule has 0 spiro atoms. The summed E-state index contributed by atoms with van der Waals surface area (Å²) in [6.07, 6.45) is 1.72. The van der Waals surface area contributed by atoms with Crippen LogP contribution in [0.3, 0.4) is 0 Å². The van der Waals surface area contributed by atoms with E-state index in [-0.39, 0.29) is 12.6 Å². The normalized spacial score (nSPS) is 11.6. The number of anilines is 1. The number of benzene rings is 2. The highest BCUT2D eigenvalue weighted by molar-refractivity contribution is 5.89. The van der Waals surface area contributed by atoms with Crippen molar-refractivity contribution < 1.29 is 9.90 Å². The van der Waals surface area contributed by atoms with Crippen molar-refractivity contribution in [3.63, 3.8) is 0 Å². The molecule has 0 saturated carbocycles. The molecule has 3 rings (SSSR count). The number of aromatic nitrogens is 2. The van der Waals surface area contributed by atoms with E-state index in [9.17, 15) is 9.90 Å². The van der Waals surface area contributed by atoms with Crippen LogP contribution in [0.25, 0.3) is 11.4 Å². The van der Waals surface area contributed by atoms with Gasteiger partial charge in [0.25, 0.3) is 0 Å². The molecule has 0 radical (unpaired) electrons. The molecule has 0 unspecified atom stereocenters. The van der Waals surface area contributed by atoms with Crippen LogP contribution in [0.5, 0.6) is 0 Å². The lowest BCUT2D eigenvalue weighted by atomic mass is 10.1. The topological polar surface area (TPSA) is 87.1 Å². The summed E-state index contributed by atoms with van der Waals surface area (Å²) in [4.78, 5) is 20.8. The zero-order chi connectivity index (χ0) is 18.4. The van der Waals surface area contributed by atoms with E-state index in [0.29, 0.717) is 11.5 Å². The van der Waals surface area contributed by atoms with Crippen molar-refractivity contribution in [3.05, 3.63) is 78.1 Å². The summed E-state index contributed by atoms with van der Waals surface area (Å²) in [6, 6.07) is 17.6. The van der Waals surface area contributed by atoms with Gasteiger partial charge in [0, 0.05) is 23.1 Å². The molecule has 1 heterocycles. The molecule has 6 nitrogen and oxygen atoms in total. The predicted molar refractivity (Wildman–Crippen MR) is 101 cm³/mol. The predicted octanol–water partition coefficient (Wildman–Crippen LogP) is 3.31. The van der Waals surface area contributed by atoms with Gasteiger partial charge < -0.3 is 15.7 Å². The van der Waals surface area contributed by atoms with Crippen molar-refractivity contribution in [1.82, 2.24) is 15.3 Å². The lowest BCUT2D eigenvalue weighted by Crippen LogP contribution is -2.34. The second kappa shape index (κ2) is 8.22. The Labute approximate surface area is 152 Å². The number of aliphatic hydroxyl groups is 1. The van der Waals surface area contributed by atoms with Crippen LogP contribution in [-0.4, -0.2) is 27.7 Å². The molecule has 26 heavy (non-hydrogen) atoms. The lowest BCUT2D eigenvalue weighted by Gasteiger charge is -2.17. The molecule has 0 saturated heterocycles. The van der Waals surface area contributed by atoms with Crippen molar-refractivity contribution in [3.8, 4) is 11.4 Å². The number of hydrogen-bond acceptors (Lipinski definition) is 4. The summed E-state index contributed by atoms with van der Waals surface area (Å²) in [7, 11) is 0. The van der Waals surface area contributed by atoms with Crippen molar-refractivity contribution >= 4 is 11.7 Å². The zero-order valence-corrected chi connectivity index (χ0v) is 14.4. The van der Waals surface area contributed by atoms with E-state index >= 15 is 0 Å². The lowest BCUT2D eigenvalue weighted by molar-refractivity contribution is 0.225. The first-order valence-corrected chi connectivity index (χ1v) is 8.29. The van der Waals surface area contributed by atoms with Crippen LogP contribution in [0.2, 0.25) is 0 Å².